The van der Waals surface area contributed by atoms with Crippen LogP contribution in [0.15, 0.2) is 82.2 Å². The Morgan fingerprint density at radius 1 is 0.939 bits per heavy atom. The van der Waals surface area contributed by atoms with Crippen molar-refractivity contribution in [2.75, 3.05) is 53.7 Å². The normalized spacial score (nSPS) is 32.7. The molecule has 0 aromatic heterocycles. The van der Waals surface area contributed by atoms with Crippen LogP contribution in [0.3, 0.4) is 0 Å². The summed E-state index contributed by atoms with van der Waals surface area (Å²) >= 11 is 0. The van der Waals surface area contributed by atoms with Gasteiger partial charge in [-0.1, -0.05) is 102 Å². The second-order valence-corrected chi connectivity index (χ2v) is 35.0. The predicted octanol–water partition coefficient (Wildman–Crippen LogP) is 10.3. The lowest BCUT2D eigenvalue weighted by atomic mass is 9.51. The number of esters is 1. The van der Waals surface area contributed by atoms with Crippen LogP contribution < -0.4 is 19.3 Å². The molecule has 12 rings (SSSR count). The van der Waals surface area contributed by atoms with Crippen LogP contribution in [0.5, 0.6) is 34.5 Å². The molecule has 5 N–H and O–H groups in total. The van der Waals surface area contributed by atoms with E-state index in [1.54, 1.807) is 52.8 Å². The highest BCUT2D eigenvalue weighted by Gasteiger charge is 2.63. The maximum atomic E-state index is 14.6. The Bertz CT molecular complexity index is 4000. The van der Waals surface area contributed by atoms with Crippen LogP contribution in [0.4, 0.5) is 0 Å². The summed E-state index contributed by atoms with van der Waals surface area (Å²) < 4.78 is 35.7. The maximum Gasteiger partial charge on any atom is 0.312 e. The molecule has 3 aromatic rings. The number of Topliss-reactive ketones (excluding diaryl/α,β-unsaturated/α-hetero) is 2. The van der Waals surface area contributed by atoms with E-state index in [0.29, 0.717) is 37.9 Å². The van der Waals surface area contributed by atoms with Crippen molar-refractivity contribution < 1.29 is 82.7 Å². The van der Waals surface area contributed by atoms with Gasteiger partial charge in [0.15, 0.2) is 23.1 Å². The molecule has 20 heteroatoms. The molecule has 3 fully saturated rings. The van der Waals surface area contributed by atoms with E-state index in [9.17, 15) is 49.8 Å². The lowest BCUT2D eigenvalue weighted by molar-refractivity contribution is -0.906. The van der Waals surface area contributed by atoms with Gasteiger partial charge in [0, 0.05) is 90.7 Å². The quantitative estimate of drug-likeness (QED) is 0.0384. The van der Waals surface area contributed by atoms with Crippen molar-refractivity contribution in [1.82, 2.24) is 5.01 Å². The SMILES string of the molecule is CC#C[C@]1(O)CC[C@H]2[C@@H]3CCC4=CC(=O)CCC4=C3[C@@H](c3ccc4c(c3)OCO4)C[C@@]21C.CO[C@H]1/C=C/O[C@@]2(C)Oc3c(C)c([O-])c4c(O)c(c(/C=N/N5CC[N+](C)(CC#C[Si](C)(C)C)CC5)c(O)c4c3C2=O)CC(=O)/C(C)=C\C=C\[C@H](C)[C@H](O)[C@@H](C)[C@@H](O)[C@@H](C)[C@H](OC(C)=O)[C@@H]1C. The number of benzene rings is 3. The third-order valence-electron chi connectivity index (χ3n) is 22.4. The Morgan fingerprint density at radius 3 is 2.34 bits per heavy atom. The van der Waals surface area contributed by atoms with Gasteiger partial charge in [-0.25, -0.2) is 0 Å². The molecule has 4 aliphatic carbocycles. The van der Waals surface area contributed by atoms with Crippen LogP contribution in [0, 0.1) is 71.2 Å². The van der Waals surface area contributed by atoms with Crippen LogP contribution in [-0.4, -0.2) is 162 Å². The Labute approximate surface area is 577 Å². The first-order valence-corrected chi connectivity index (χ1v) is 38.1. The maximum absolute atomic E-state index is 14.6. The summed E-state index contributed by atoms with van der Waals surface area (Å²) in [6.45, 7) is 26.9. The molecule has 5 heterocycles. The number of ketones is 3. The number of ether oxygens (including phenoxy) is 6. The number of hydrogen-bond acceptors (Lipinski definition) is 18. The average molecular weight is 1360 g/mol. The number of carbonyl (C=O) groups excluding carboxylic acids is 4. The number of phenols is 2. The van der Waals surface area contributed by atoms with Crippen molar-refractivity contribution in [3.05, 3.63) is 105 Å². The zero-order valence-corrected chi connectivity index (χ0v) is 60.6. The average Bonchev–Trinajstić information content (AvgIpc) is 1.41. The zero-order valence-electron chi connectivity index (χ0n) is 59.6. The van der Waals surface area contributed by atoms with Crippen molar-refractivity contribution in [3.63, 3.8) is 0 Å². The Kier molecular flexibility index (Phi) is 21.2. The topological polar surface area (TPSA) is 263 Å². The molecule has 98 heavy (non-hydrogen) atoms. The number of phenolic OH excluding ortho intramolecular Hbond substituents is 2. The smallest absolute Gasteiger partial charge is 0.312 e. The van der Waals surface area contributed by atoms with Crippen molar-refractivity contribution in [1.29, 1.82) is 0 Å². The summed E-state index contributed by atoms with van der Waals surface area (Å²) in [4.78, 5) is 53.2. The number of likely N-dealkylation sites (N-methyl/N-ethyl adjacent to an activating group) is 1. The number of carbonyl (C=O) groups is 4. The Morgan fingerprint density at radius 2 is 1.65 bits per heavy atom. The van der Waals surface area contributed by atoms with Crippen molar-refractivity contribution >= 4 is 48.4 Å². The monoisotopic (exact) mass is 1360 g/mol. The number of methoxy groups -OCH3 is 1. The van der Waals surface area contributed by atoms with E-state index in [0.717, 1.165) is 67.6 Å². The highest BCUT2D eigenvalue weighted by atomic mass is 28.3. The molecule has 0 radical (unpaired) electrons. The standard InChI is InChI=1S/C50H69N3O12Si.C28H30O4/c1-28-16-14-17-29(2)42(56)31(4)43(57)32(5)47(64-34(7)54)30(3)38(62-10)18-24-63-50(8)49(61)41-39-40(44(58)33(6)48(41)65-50)45(59)35(26-37(28)55)36(46(39)60)27-51-52-19-22-53(9,23-20-52)21-15-25-66(11,12)13;1-3-11-28(30)12-10-23-21-7-4-17-13-19(29)6-8-20(17)26(21)22(15-27(23,28)2)18-5-9-24-25(14-18)32-16-31-24/h14,16-18,24,27,29-32,38,42-43,47,56-57H,19-23,26H2,1-13H3,(H2-,51,58,59,60,61);5,9,13-14,21-23,30H,4,6-8,10,12,15-16H2,1-2H3/b17-14+,24-18+,28-16-;/t29-,30+,31+,32+,38-,42-,43+,47+,50-;21-,22+,23-,27-,28-/m00/s1. The summed E-state index contributed by atoms with van der Waals surface area (Å²) in [5.41, 5.74) is 7.56. The molecule has 14 atom stereocenters. The van der Waals surface area contributed by atoms with E-state index in [-0.39, 0.29) is 68.3 Å². The fourth-order valence-corrected chi connectivity index (χ4v) is 17.0. The van der Waals surface area contributed by atoms with Crippen molar-refractivity contribution in [2.24, 2.45) is 46.0 Å². The number of aliphatic hydroxyl groups excluding tert-OH is 2. The fourth-order valence-electron chi connectivity index (χ4n) is 16.4. The minimum Gasteiger partial charge on any atom is -0.872 e. The van der Waals surface area contributed by atoms with E-state index < -0.39 is 109 Å². The fraction of sp³-hybridized carbons (Fsp3) is 0.551. The highest BCUT2D eigenvalue weighted by Crippen LogP contribution is 2.67. The number of rotatable bonds is 6. The van der Waals surface area contributed by atoms with Gasteiger partial charge in [0.05, 0.1) is 69.6 Å². The van der Waals surface area contributed by atoms with Crippen LogP contribution in [-0.2, 0) is 35.0 Å². The molecule has 5 aliphatic heterocycles. The van der Waals surface area contributed by atoms with Gasteiger partial charge in [0.25, 0.3) is 5.78 Å². The zero-order chi connectivity index (χ0) is 71.3. The molecule has 0 unspecified atom stereocenters. The Hall–Kier alpha value is -7.69. The first-order valence-electron chi connectivity index (χ1n) is 34.6. The molecule has 9 aliphatic rings. The summed E-state index contributed by atoms with van der Waals surface area (Å²) in [5, 5.41) is 79.2. The van der Waals surface area contributed by atoms with E-state index in [1.807, 2.05) is 24.1 Å². The van der Waals surface area contributed by atoms with Crippen molar-refractivity contribution in [2.45, 2.75) is 182 Å². The second-order valence-electron chi connectivity index (χ2n) is 30.2. The lowest BCUT2D eigenvalue weighted by Crippen LogP contribution is -2.56. The minimum absolute atomic E-state index is 0.0306. The molecular weight excluding hydrogens is 1260 g/mol. The predicted molar refractivity (Wildman–Crippen MR) is 374 cm³/mol. The summed E-state index contributed by atoms with van der Waals surface area (Å²) in [6.07, 6.45) is 12.6. The highest BCUT2D eigenvalue weighted by molar-refractivity contribution is 6.83. The van der Waals surface area contributed by atoms with Crippen LogP contribution in [0.25, 0.3) is 10.8 Å². The number of allylic oxidation sites excluding steroid dienone is 7. The van der Waals surface area contributed by atoms with Gasteiger partial charge >= 0.3 is 11.8 Å². The number of fused-ring (bicyclic) bond motifs is 19. The number of quaternary nitrogens is 1. The van der Waals surface area contributed by atoms with Gasteiger partial charge in [-0.2, -0.15) is 5.10 Å². The summed E-state index contributed by atoms with van der Waals surface area (Å²) in [6, 6.07) is 6.31. The van der Waals surface area contributed by atoms with Crippen LogP contribution >= 0.6 is 0 Å². The van der Waals surface area contributed by atoms with Gasteiger partial charge in [-0.05, 0) is 123 Å². The van der Waals surface area contributed by atoms with E-state index >= 15 is 0 Å². The van der Waals surface area contributed by atoms with Gasteiger partial charge < -0.3 is 63.5 Å². The summed E-state index contributed by atoms with van der Waals surface area (Å²) in [7, 11) is 2.06. The lowest BCUT2D eigenvalue weighted by Gasteiger charge is -2.53. The molecule has 5 bridgehead atoms. The van der Waals surface area contributed by atoms with Gasteiger partial charge in [-0.15, -0.1) is 11.5 Å². The largest absolute Gasteiger partial charge is 0.872 e. The van der Waals surface area contributed by atoms with E-state index in [1.165, 1.54) is 68.7 Å². The molecule has 526 valence electrons. The molecule has 1 saturated heterocycles. The molecule has 0 amide bonds. The first-order chi connectivity index (χ1) is 46.2. The van der Waals surface area contributed by atoms with E-state index in [4.69, 9.17) is 33.5 Å². The number of hydrogen-bond donors (Lipinski definition) is 5. The van der Waals surface area contributed by atoms with Gasteiger partial charge in [0.1, 0.15) is 43.6 Å². The number of aromatic hydroxyl groups is 2. The molecule has 19 nitrogen and oxygen atoms in total. The molecule has 0 spiro atoms. The number of nitrogens with zero attached hydrogens (tertiary/aromatic N) is 3. The second kappa shape index (κ2) is 28.5. The number of aliphatic hydroxyl groups is 3. The number of piperazine rings is 1. The van der Waals surface area contributed by atoms with Crippen LogP contribution in [0.1, 0.15) is 146 Å². The molecule has 2 saturated carbocycles. The van der Waals surface area contributed by atoms with Crippen LogP contribution in [0.2, 0.25) is 19.6 Å². The first kappa shape index (κ1) is 73.0. The minimum atomic E-state index is -2.07. The van der Waals surface area contributed by atoms with Crippen molar-refractivity contribution in [3.8, 4) is 57.8 Å². The third-order valence-corrected chi connectivity index (χ3v) is 23.3. The third kappa shape index (κ3) is 14.1. The van der Waals surface area contributed by atoms with Gasteiger partial charge in [0.2, 0.25) is 6.79 Å². The Balaban J connectivity index is 0.000000267. The number of hydrazone groups is 1. The molecule has 3 aromatic carbocycles. The molecular formula is C78H99N3O16Si. The summed E-state index contributed by atoms with van der Waals surface area (Å²) in [5.74, 6) is 4.16. The van der Waals surface area contributed by atoms with Gasteiger partial charge in [-0.3, -0.25) is 24.2 Å². The van der Waals surface area contributed by atoms with E-state index in [2.05, 4.69) is 69.1 Å².